The van der Waals surface area contributed by atoms with Gasteiger partial charge in [-0.25, -0.2) is 4.79 Å². The van der Waals surface area contributed by atoms with E-state index in [-0.39, 0.29) is 18.8 Å². The van der Waals surface area contributed by atoms with Crippen molar-refractivity contribution in [2.24, 2.45) is 5.92 Å². The molecule has 0 bridgehead atoms. The number of hydrogen-bond acceptors (Lipinski definition) is 4. The molecule has 0 unspecified atom stereocenters. The largest absolute Gasteiger partial charge is 0.480 e. The minimum Gasteiger partial charge on any atom is -0.480 e. The summed E-state index contributed by atoms with van der Waals surface area (Å²) in [6, 6.07) is -1.17. The molecule has 7 nitrogen and oxygen atoms in total. The van der Waals surface area contributed by atoms with Crippen LogP contribution >= 0.6 is 12.6 Å². The lowest BCUT2D eigenvalue weighted by atomic mass is 10.1. The van der Waals surface area contributed by atoms with Crippen molar-refractivity contribution in [1.82, 2.24) is 5.32 Å². The molecule has 0 aliphatic heterocycles. The van der Waals surface area contributed by atoms with Crippen molar-refractivity contribution in [2.45, 2.75) is 38.0 Å². The summed E-state index contributed by atoms with van der Waals surface area (Å²) < 4.78 is 0. The lowest BCUT2D eigenvalue weighted by Crippen LogP contribution is -2.45. The van der Waals surface area contributed by atoms with Crippen LogP contribution in [0.15, 0.2) is 0 Å². The number of Topliss-reactive ketones (excluding diaryl/α,β-unsaturated/α-hetero) is 1. The van der Waals surface area contributed by atoms with Gasteiger partial charge in [0, 0.05) is 6.42 Å². The Morgan fingerprint density at radius 1 is 1.42 bits per heavy atom. The Balaban J connectivity index is 4.50. The summed E-state index contributed by atoms with van der Waals surface area (Å²) in [5, 5.41) is 10.7. The molecule has 8 heteroatoms. The molecule has 2 N–H and O–H groups in total. The highest BCUT2D eigenvalue weighted by Crippen LogP contribution is 2.10. The third-order valence-electron chi connectivity index (χ3n) is 2.40. The molecule has 0 rings (SSSR count). The quantitative estimate of drug-likeness (QED) is 0.255. The van der Waals surface area contributed by atoms with Crippen LogP contribution < -0.4 is 5.32 Å². The van der Waals surface area contributed by atoms with E-state index in [1.165, 1.54) is 0 Å². The maximum absolute atomic E-state index is 11.7. The fraction of sp³-hybridized carbons (Fsp3) is 0.636. The highest BCUT2D eigenvalue weighted by atomic mass is 32.1. The van der Waals surface area contributed by atoms with Gasteiger partial charge in [-0.15, -0.1) is 0 Å². The monoisotopic (exact) mass is 287 g/mol. The molecule has 0 aliphatic carbocycles. The molecule has 0 saturated carbocycles. The Bertz CT molecular complexity index is 405. The molecule has 1 amide bonds. The van der Waals surface area contributed by atoms with Crippen LogP contribution in [0.25, 0.3) is 5.53 Å². The average molecular weight is 287 g/mol. The van der Waals surface area contributed by atoms with Gasteiger partial charge in [-0.2, -0.15) is 17.4 Å². The fourth-order valence-electron chi connectivity index (χ4n) is 1.23. The van der Waals surface area contributed by atoms with Gasteiger partial charge in [0.15, 0.2) is 0 Å². The van der Waals surface area contributed by atoms with Crippen LogP contribution in [0.5, 0.6) is 0 Å². The molecule has 0 aliphatic rings. The number of carbonyl (C=O) groups is 3. The molecule has 0 aromatic rings. The first kappa shape index (κ1) is 17.3. The zero-order valence-corrected chi connectivity index (χ0v) is 11.6. The minimum atomic E-state index is -1.23. The first-order valence-electron chi connectivity index (χ1n) is 5.71. The number of thiol groups is 1. The van der Waals surface area contributed by atoms with Crippen LogP contribution in [0.1, 0.15) is 26.7 Å². The zero-order valence-electron chi connectivity index (χ0n) is 10.7. The number of nitrogens with zero attached hydrogens (tertiary/aromatic N) is 2. The highest BCUT2D eigenvalue weighted by Gasteiger charge is 2.25. The van der Waals surface area contributed by atoms with Crippen LogP contribution in [0.3, 0.4) is 0 Å². The van der Waals surface area contributed by atoms with Crippen molar-refractivity contribution in [1.29, 1.82) is 0 Å². The van der Waals surface area contributed by atoms with Crippen LogP contribution in [-0.4, -0.2) is 45.1 Å². The van der Waals surface area contributed by atoms with Crippen molar-refractivity contribution in [2.75, 3.05) is 0 Å². The molecule has 0 saturated heterocycles. The summed E-state index contributed by atoms with van der Waals surface area (Å²) in [4.78, 5) is 36.2. The average Bonchev–Trinajstić information content (AvgIpc) is 2.32. The van der Waals surface area contributed by atoms with Crippen LogP contribution in [0, 0.1) is 5.92 Å². The van der Waals surface area contributed by atoms with E-state index >= 15 is 0 Å². The van der Waals surface area contributed by atoms with Gasteiger partial charge in [-0.1, -0.05) is 13.8 Å². The Morgan fingerprint density at radius 2 is 2.00 bits per heavy atom. The van der Waals surface area contributed by atoms with Gasteiger partial charge in [-0.3, -0.25) is 9.59 Å². The highest BCUT2D eigenvalue weighted by molar-refractivity contribution is 7.81. The van der Waals surface area contributed by atoms with E-state index in [1.807, 2.05) is 0 Å². The molecule has 0 radical (unpaired) electrons. The molecule has 0 spiro atoms. The molecule has 0 heterocycles. The molecular weight excluding hydrogens is 270 g/mol. The Morgan fingerprint density at radius 3 is 2.42 bits per heavy atom. The molecular formula is C11H17N3O4S. The number of amides is 1. The topological polar surface area (TPSA) is 120 Å². The van der Waals surface area contributed by atoms with Crippen LogP contribution in [0.4, 0.5) is 0 Å². The van der Waals surface area contributed by atoms with Gasteiger partial charge in [0.2, 0.25) is 11.7 Å². The number of aliphatic carboxylic acids is 1. The third-order valence-corrected chi connectivity index (χ3v) is 3.23. The standard InChI is InChI=1S/C11H17N3O4S/c1-6(2)9(19)10(16)14-8(11(17)18)4-3-7(15)5-13-12/h5-6,8-9,19H,3-4H2,1-2H3,(H,14,16)(H,17,18)/t8-,9-/m0/s1. The van der Waals surface area contributed by atoms with Gasteiger partial charge in [0.05, 0.1) is 5.25 Å². The van der Waals surface area contributed by atoms with Crippen molar-refractivity contribution in [3.05, 3.63) is 5.53 Å². The minimum absolute atomic E-state index is 0.0408. The van der Waals surface area contributed by atoms with E-state index in [0.717, 1.165) is 0 Å². The molecule has 0 aromatic carbocycles. The van der Waals surface area contributed by atoms with E-state index in [0.29, 0.717) is 6.21 Å². The smallest absolute Gasteiger partial charge is 0.326 e. The maximum atomic E-state index is 11.7. The van der Waals surface area contributed by atoms with Gasteiger partial charge >= 0.3 is 12.2 Å². The maximum Gasteiger partial charge on any atom is 0.326 e. The number of nitrogens with one attached hydrogen (secondary N) is 1. The molecule has 106 valence electrons. The molecule has 19 heavy (non-hydrogen) atoms. The second-order valence-electron chi connectivity index (χ2n) is 4.34. The number of hydrogen-bond donors (Lipinski definition) is 3. The first-order chi connectivity index (χ1) is 8.79. The summed E-state index contributed by atoms with van der Waals surface area (Å²) >= 11 is 4.08. The summed E-state index contributed by atoms with van der Waals surface area (Å²) in [6.07, 6.45) is 0.473. The van der Waals surface area contributed by atoms with E-state index in [4.69, 9.17) is 10.6 Å². The number of ketones is 1. The number of rotatable bonds is 8. The van der Waals surface area contributed by atoms with E-state index < -0.39 is 29.0 Å². The number of carboxylic acids is 1. The molecule has 0 aromatic heterocycles. The second kappa shape index (κ2) is 8.44. The van der Waals surface area contributed by atoms with Crippen molar-refractivity contribution in [3.8, 4) is 0 Å². The van der Waals surface area contributed by atoms with Gasteiger partial charge in [0.25, 0.3) is 0 Å². The van der Waals surface area contributed by atoms with E-state index in [1.54, 1.807) is 13.8 Å². The third kappa shape index (κ3) is 6.73. The number of carboxylic acid groups (broad SMARTS) is 1. The van der Waals surface area contributed by atoms with E-state index in [2.05, 4.69) is 22.7 Å². The van der Waals surface area contributed by atoms with Gasteiger partial charge < -0.3 is 16.0 Å². The van der Waals surface area contributed by atoms with Crippen LogP contribution in [0.2, 0.25) is 0 Å². The zero-order chi connectivity index (χ0) is 15.0. The lowest BCUT2D eigenvalue weighted by molar-refractivity contribution is -0.142. The van der Waals surface area contributed by atoms with E-state index in [9.17, 15) is 14.4 Å². The van der Waals surface area contributed by atoms with Crippen LogP contribution in [-0.2, 0) is 14.4 Å². The predicted molar refractivity (Wildman–Crippen MR) is 71.1 cm³/mol. The Labute approximate surface area is 116 Å². The summed E-state index contributed by atoms with van der Waals surface area (Å²) in [6.45, 7) is 3.57. The van der Waals surface area contributed by atoms with Gasteiger partial charge in [-0.05, 0) is 12.3 Å². The van der Waals surface area contributed by atoms with Gasteiger partial charge in [0.1, 0.15) is 6.04 Å². The van der Waals surface area contributed by atoms with Crippen molar-refractivity contribution >= 4 is 36.5 Å². The summed E-state index contributed by atoms with van der Waals surface area (Å²) in [5.41, 5.74) is 8.14. The molecule has 0 fully saturated rings. The SMILES string of the molecule is CC(C)[C@H](S)C(=O)N[C@@H](CCC(=O)C=[N+]=[N-])C(=O)O. The number of carbonyl (C=O) groups excluding carboxylic acids is 2. The normalized spacial score (nSPS) is 13.3. The molecule has 2 atom stereocenters. The Kier molecular flexibility index (Phi) is 7.71. The predicted octanol–water partition coefficient (Wildman–Crippen LogP) is 0.160. The van der Waals surface area contributed by atoms with Crippen molar-refractivity contribution < 1.29 is 24.3 Å². The summed E-state index contributed by atoms with van der Waals surface area (Å²) in [7, 11) is 0. The second-order valence-corrected chi connectivity index (χ2v) is 4.89. The van der Waals surface area contributed by atoms with Crippen molar-refractivity contribution in [3.63, 3.8) is 0 Å². The first-order valence-corrected chi connectivity index (χ1v) is 6.22. The lowest BCUT2D eigenvalue weighted by Gasteiger charge is -2.18. The Hall–Kier alpha value is -1.66. The fourth-order valence-corrected chi connectivity index (χ4v) is 1.31. The summed E-state index contributed by atoms with van der Waals surface area (Å²) in [5.74, 6) is -2.28.